The lowest BCUT2D eigenvalue weighted by Crippen LogP contribution is -2.21. The molecule has 3 aromatic carbocycles. The van der Waals surface area contributed by atoms with E-state index in [2.05, 4.69) is 31.8 Å². The van der Waals surface area contributed by atoms with Gasteiger partial charge in [-0.3, -0.25) is 9.59 Å². The molecule has 32 heavy (non-hydrogen) atoms. The van der Waals surface area contributed by atoms with Gasteiger partial charge in [-0.05, 0) is 54.1 Å². The van der Waals surface area contributed by atoms with Gasteiger partial charge in [0.15, 0.2) is 11.5 Å². The predicted octanol–water partition coefficient (Wildman–Crippen LogP) is 5.14. The van der Waals surface area contributed by atoms with E-state index in [4.69, 9.17) is 21.1 Å². The lowest BCUT2D eigenvalue weighted by molar-refractivity contribution is 0.0956. The van der Waals surface area contributed by atoms with Gasteiger partial charge in [0, 0.05) is 15.1 Å². The Morgan fingerprint density at radius 1 is 0.969 bits per heavy atom. The molecule has 2 amide bonds. The van der Waals surface area contributed by atoms with Crippen molar-refractivity contribution in [1.29, 1.82) is 0 Å². The van der Waals surface area contributed by atoms with E-state index in [1.807, 2.05) is 0 Å². The molecule has 0 atom stereocenters. The van der Waals surface area contributed by atoms with Gasteiger partial charge in [0.1, 0.15) is 0 Å². The summed E-state index contributed by atoms with van der Waals surface area (Å²) in [5, 5.41) is 7.28. The molecule has 3 aromatic rings. The van der Waals surface area contributed by atoms with Crippen LogP contribution in [-0.2, 0) is 0 Å². The third kappa shape index (κ3) is 5.87. The van der Waals surface area contributed by atoms with Gasteiger partial charge in [-0.2, -0.15) is 5.10 Å². The summed E-state index contributed by atoms with van der Waals surface area (Å²) in [5.41, 5.74) is 4.09. The fourth-order valence-corrected chi connectivity index (χ4v) is 3.36. The minimum atomic E-state index is -0.493. The molecule has 2 N–H and O–H groups in total. The fraction of sp³-hybridized carbons (Fsp3) is 0.0870. The van der Waals surface area contributed by atoms with Crippen molar-refractivity contribution in [3.05, 3.63) is 86.8 Å². The molecule has 0 radical (unpaired) electrons. The molecule has 9 heteroatoms. The molecule has 0 unspecified atom stereocenters. The zero-order chi connectivity index (χ0) is 23.1. The first-order chi connectivity index (χ1) is 15.4. The quantitative estimate of drug-likeness (QED) is 0.336. The Hall–Kier alpha value is -3.36. The third-order valence-corrected chi connectivity index (χ3v) is 5.08. The van der Waals surface area contributed by atoms with Crippen molar-refractivity contribution in [1.82, 2.24) is 5.43 Å². The standard InChI is InChI=1S/C23H19BrClN3O4/c1-31-20-9-6-15(11-21(20)32-2)22(29)27-19-8-7-16(24)12-18(19)23(30)28-26-13-14-4-3-5-17(25)10-14/h3-13H,1-2H3,(H,27,29)(H,28,30)/b26-13+. The predicted molar refractivity (Wildman–Crippen MR) is 128 cm³/mol. The van der Waals surface area contributed by atoms with Gasteiger partial charge in [0.2, 0.25) is 0 Å². The van der Waals surface area contributed by atoms with Gasteiger partial charge < -0.3 is 14.8 Å². The number of methoxy groups -OCH3 is 2. The van der Waals surface area contributed by atoms with Crippen LogP contribution in [0.25, 0.3) is 0 Å². The number of anilines is 1. The lowest BCUT2D eigenvalue weighted by Gasteiger charge is -2.12. The molecule has 0 heterocycles. The van der Waals surface area contributed by atoms with E-state index in [-0.39, 0.29) is 5.56 Å². The van der Waals surface area contributed by atoms with Crippen molar-refractivity contribution in [3.8, 4) is 11.5 Å². The molecular formula is C23H19BrClN3O4. The monoisotopic (exact) mass is 515 g/mol. The van der Waals surface area contributed by atoms with Gasteiger partial charge >= 0.3 is 0 Å². The van der Waals surface area contributed by atoms with E-state index in [0.29, 0.717) is 32.2 Å². The van der Waals surface area contributed by atoms with E-state index in [1.54, 1.807) is 60.7 Å². The molecular weight excluding hydrogens is 498 g/mol. The van der Waals surface area contributed by atoms with Crippen LogP contribution in [0.3, 0.4) is 0 Å². The SMILES string of the molecule is COc1ccc(C(=O)Nc2ccc(Br)cc2C(=O)N/N=C/c2cccc(Cl)c2)cc1OC. The summed E-state index contributed by atoms with van der Waals surface area (Å²) in [6.45, 7) is 0. The van der Waals surface area contributed by atoms with Gasteiger partial charge in [0.25, 0.3) is 11.8 Å². The summed E-state index contributed by atoms with van der Waals surface area (Å²) < 4.78 is 11.1. The van der Waals surface area contributed by atoms with Crippen LogP contribution in [0.5, 0.6) is 11.5 Å². The van der Waals surface area contributed by atoms with E-state index in [0.717, 1.165) is 5.56 Å². The largest absolute Gasteiger partial charge is 0.493 e. The number of rotatable bonds is 7. The maximum atomic E-state index is 12.8. The van der Waals surface area contributed by atoms with Crippen LogP contribution in [0.4, 0.5) is 5.69 Å². The van der Waals surface area contributed by atoms with Crippen molar-refractivity contribution in [3.63, 3.8) is 0 Å². The summed E-state index contributed by atoms with van der Waals surface area (Å²) in [4.78, 5) is 25.5. The second-order valence-electron chi connectivity index (χ2n) is 6.47. The highest BCUT2D eigenvalue weighted by atomic mass is 79.9. The normalized spacial score (nSPS) is 10.6. The Bertz CT molecular complexity index is 1180. The first-order valence-corrected chi connectivity index (χ1v) is 10.5. The number of carbonyl (C=O) groups is 2. The molecule has 0 saturated heterocycles. The maximum Gasteiger partial charge on any atom is 0.273 e. The van der Waals surface area contributed by atoms with Gasteiger partial charge in [-0.15, -0.1) is 0 Å². The van der Waals surface area contributed by atoms with Crippen LogP contribution in [0.15, 0.2) is 70.2 Å². The highest BCUT2D eigenvalue weighted by Gasteiger charge is 2.16. The summed E-state index contributed by atoms with van der Waals surface area (Å²) in [5.74, 6) is 0.0199. The molecule has 3 rings (SSSR count). The fourth-order valence-electron chi connectivity index (χ4n) is 2.80. The van der Waals surface area contributed by atoms with E-state index in [9.17, 15) is 9.59 Å². The number of nitrogens with zero attached hydrogens (tertiary/aromatic N) is 1. The minimum Gasteiger partial charge on any atom is -0.493 e. The van der Waals surface area contributed by atoms with Gasteiger partial charge in [-0.1, -0.05) is 39.7 Å². The highest BCUT2D eigenvalue weighted by molar-refractivity contribution is 9.10. The summed E-state index contributed by atoms with van der Waals surface area (Å²) >= 11 is 9.29. The molecule has 7 nitrogen and oxygen atoms in total. The zero-order valence-corrected chi connectivity index (χ0v) is 19.5. The summed E-state index contributed by atoms with van der Waals surface area (Å²) in [6.07, 6.45) is 1.48. The van der Waals surface area contributed by atoms with Crippen LogP contribution < -0.4 is 20.2 Å². The number of hydrogen-bond acceptors (Lipinski definition) is 5. The van der Waals surface area contributed by atoms with Gasteiger partial charge in [0.05, 0.1) is 31.7 Å². The van der Waals surface area contributed by atoms with Crippen LogP contribution in [0.1, 0.15) is 26.3 Å². The molecule has 0 aromatic heterocycles. The average molecular weight is 517 g/mol. The topological polar surface area (TPSA) is 89.0 Å². The number of halogens is 2. The zero-order valence-electron chi connectivity index (χ0n) is 17.2. The summed E-state index contributed by atoms with van der Waals surface area (Å²) in [6, 6.07) is 16.8. The summed E-state index contributed by atoms with van der Waals surface area (Å²) in [7, 11) is 3.00. The maximum absolute atomic E-state index is 12.8. The number of nitrogens with one attached hydrogen (secondary N) is 2. The Labute approximate surface area is 198 Å². The van der Waals surface area contributed by atoms with Crippen molar-refractivity contribution in [2.75, 3.05) is 19.5 Å². The third-order valence-electron chi connectivity index (χ3n) is 4.35. The Balaban J connectivity index is 1.78. The highest BCUT2D eigenvalue weighted by Crippen LogP contribution is 2.28. The minimum absolute atomic E-state index is 0.233. The van der Waals surface area contributed by atoms with Crippen LogP contribution >= 0.6 is 27.5 Å². The van der Waals surface area contributed by atoms with Crippen LogP contribution in [0, 0.1) is 0 Å². The van der Waals surface area contributed by atoms with Crippen molar-refractivity contribution >= 4 is 51.2 Å². The lowest BCUT2D eigenvalue weighted by atomic mass is 10.1. The van der Waals surface area contributed by atoms with Crippen molar-refractivity contribution in [2.45, 2.75) is 0 Å². The first kappa shape index (κ1) is 23.3. The van der Waals surface area contributed by atoms with E-state index >= 15 is 0 Å². The smallest absolute Gasteiger partial charge is 0.273 e. The first-order valence-electron chi connectivity index (χ1n) is 9.33. The average Bonchev–Trinajstić information content (AvgIpc) is 2.79. The molecule has 0 aliphatic carbocycles. The molecule has 0 saturated carbocycles. The number of benzene rings is 3. The Morgan fingerprint density at radius 3 is 2.47 bits per heavy atom. The second-order valence-corrected chi connectivity index (χ2v) is 7.82. The van der Waals surface area contributed by atoms with Crippen molar-refractivity contribution in [2.24, 2.45) is 5.10 Å². The molecule has 0 aliphatic heterocycles. The number of hydrazone groups is 1. The molecule has 0 aliphatic rings. The number of hydrogen-bond donors (Lipinski definition) is 2. The van der Waals surface area contributed by atoms with Gasteiger partial charge in [-0.25, -0.2) is 5.43 Å². The second kappa shape index (κ2) is 10.8. The Kier molecular flexibility index (Phi) is 7.86. The number of ether oxygens (including phenoxy) is 2. The molecule has 0 spiro atoms. The number of carbonyl (C=O) groups excluding carboxylic acids is 2. The van der Waals surface area contributed by atoms with Crippen LogP contribution in [-0.4, -0.2) is 32.2 Å². The molecule has 164 valence electrons. The molecule has 0 bridgehead atoms. The van der Waals surface area contributed by atoms with E-state index in [1.165, 1.54) is 20.4 Å². The van der Waals surface area contributed by atoms with Crippen molar-refractivity contribution < 1.29 is 19.1 Å². The molecule has 0 fully saturated rings. The Morgan fingerprint density at radius 2 is 1.75 bits per heavy atom. The van der Waals surface area contributed by atoms with E-state index < -0.39 is 11.8 Å². The number of amides is 2. The van der Waals surface area contributed by atoms with Crippen LogP contribution in [0.2, 0.25) is 5.02 Å².